The average molecular weight is 327 g/mol. The zero-order valence-corrected chi connectivity index (χ0v) is 14.7. The maximum atomic E-state index is 12.0. The standard InChI is InChI=1S/C17H29NO3S/c1-4-7-12-17(19,6-3)15-10-9-11-16(14-15)18-22(20,21)13-8-5-2/h9-11,14,18-19H,4-8,12-13H2,1-3H3. The summed E-state index contributed by atoms with van der Waals surface area (Å²) in [5.41, 5.74) is 0.414. The molecule has 1 unspecified atom stereocenters. The summed E-state index contributed by atoms with van der Waals surface area (Å²) in [4.78, 5) is 0. The molecule has 0 amide bonds. The minimum atomic E-state index is -3.31. The Hall–Kier alpha value is -1.07. The first-order valence-corrected chi connectivity index (χ1v) is 9.85. The van der Waals surface area contributed by atoms with Gasteiger partial charge in [-0.25, -0.2) is 8.42 Å². The number of anilines is 1. The summed E-state index contributed by atoms with van der Waals surface area (Å²) in [5, 5.41) is 10.8. The van der Waals surface area contributed by atoms with Gasteiger partial charge in [-0.3, -0.25) is 4.72 Å². The molecule has 0 saturated heterocycles. The molecule has 1 atom stereocenters. The van der Waals surface area contributed by atoms with Gasteiger partial charge >= 0.3 is 0 Å². The first kappa shape index (κ1) is 19.0. The van der Waals surface area contributed by atoms with Gasteiger partial charge in [0.2, 0.25) is 10.0 Å². The number of hydrogen-bond donors (Lipinski definition) is 2. The van der Waals surface area contributed by atoms with Crippen LogP contribution in [0.4, 0.5) is 5.69 Å². The largest absolute Gasteiger partial charge is 0.385 e. The fraction of sp³-hybridized carbons (Fsp3) is 0.647. The van der Waals surface area contributed by atoms with E-state index in [1.165, 1.54) is 0 Å². The number of rotatable bonds is 10. The van der Waals surface area contributed by atoms with Gasteiger partial charge in [0, 0.05) is 5.69 Å². The number of unbranched alkanes of at least 4 members (excludes halogenated alkanes) is 2. The predicted octanol–water partition coefficient (Wildman–Crippen LogP) is 4.02. The van der Waals surface area contributed by atoms with E-state index in [1.54, 1.807) is 18.2 Å². The molecule has 0 heterocycles. The molecule has 0 aromatic heterocycles. The zero-order chi connectivity index (χ0) is 16.6. The van der Waals surface area contributed by atoms with Gasteiger partial charge in [-0.1, -0.05) is 52.2 Å². The van der Waals surface area contributed by atoms with Crippen molar-refractivity contribution in [1.29, 1.82) is 0 Å². The van der Waals surface area contributed by atoms with Crippen molar-refractivity contribution in [3.05, 3.63) is 29.8 Å². The molecule has 1 aromatic rings. The first-order chi connectivity index (χ1) is 10.4. The van der Waals surface area contributed by atoms with Gasteiger partial charge in [-0.05, 0) is 37.0 Å². The zero-order valence-electron chi connectivity index (χ0n) is 13.9. The monoisotopic (exact) mass is 327 g/mol. The van der Waals surface area contributed by atoms with Gasteiger partial charge in [-0.15, -0.1) is 0 Å². The van der Waals surface area contributed by atoms with Crippen LogP contribution in [0.3, 0.4) is 0 Å². The smallest absolute Gasteiger partial charge is 0.232 e. The molecule has 0 fully saturated rings. The van der Waals surface area contributed by atoms with E-state index in [-0.39, 0.29) is 5.75 Å². The van der Waals surface area contributed by atoms with Gasteiger partial charge < -0.3 is 5.11 Å². The molecule has 1 rings (SSSR count). The van der Waals surface area contributed by atoms with Gasteiger partial charge in [0.05, 0.1) is 11.4 Å². The maximum Gasteiger partial charge on any atom is 0.232 e. The number of aliphatic hydroxyl groups is 1. The van der Waals surface area contributed by atoms with E-state index < -0.39 is 15.6 Å². The summed E-state index contributed by atoms with van der Waals surface area (Å²) in [7, 11) is -3.31. The molecule has 0 bridgehead atoms. The van der Waals surface area contributed by atoms with Crippen molar-refractivity contribution in [3.8, 4) is 0 Å². The Labute approximate surface area is 135 Å². The first-order valence-electron chi connectivity index (χ1n) is 8.20. The molecule has 0 radical (unpaired) electrons. The third-order valence-corrected chi connectivity index (χ3v) is 5.34. The van der Waals surface area contributed by atoms with Crippen LogP contribution in [0.25, 0.3) is 0 Å². The van der Waals surface area contributed by atoms with E-state index >= 15 is 0 Å². The number of nitrogens with one attached hydrogen (secondary N) is 1. The Balaban J connectivity index is 2.93. The molecule has 0 spiro atoms. The van der Waals surface area contributed by atoms with Crippen LogP contribution in [0.15, 0.2) is 24.3 Å². The van der Waals surface area contributed by atoms with Crippen molar-refractivity contribution >= 4 is 15.7 Å². The molecular weight excluding hydrogens is 298 g/mol. The number of hydrogen-bond acceptors (Lipinski definition) is 3. The van der Waals surface area contributed by atoms with Gasteiger partial charge in [0.1, 0.15) is 0 Å². The Kier molecular flexibility index (Phi) is 7.36. The van der Waals surface area contributed by atoms with Crippen molar-refractivity contribution in [1.82, 2.24) is 0 Å². The SMILES string of the molecule is CCCCC(O)(CC)c1cccc(NS(=O)(=O)CCCC)c1. The van der Waals surface area contributed by atoms with Gasteiger partial charge in [-0.2, -0.15) is 0 Å². The second kappa shape index (κ2) is 8.53. The van der Waals surface area contributed by atoms with Crippen LogP contribution in [-0.2, 0) is 15.6 Å². The molecule has 2 N–H and O–H groups in total. The van der Waals surface area contributed by atoms with E-state index in [4.69, 9.17) is 0 Å². The molecule has 0 aliphatic heterocycles. The summed E-state index contributed by atoms with van der Waals surface area (Å²) >= 11 is 0. The van der Waals surface area contributed by atoms with Crippen LogP contribution < -0.4 is 4.72 Å². The topological polar surface area (TPSA) is 66.4 Å². The van der Waals surface area contributed by atoms with Crippen LogP contribution in [0.5, 0.6) is 0 Å². The van der Waals surface area contributed by atoms with Crippen LogP contribution >= 0.6 is 0 Å². The van der Waals surface area contributed by atoms with Crippen LogP contribution in [0, 0.1) is 0 Å². The summed E-state index contributed by atoms with van der Waals surface area (Å²) in [6.07, 6.45) is 4.74. The highest BCUT2D eigenvalue weighted by atomic mass is 32.2. The Bertz CT molecular complexity index is 557. The lowest BCUT2D eigenvalue weighted by atomic mass is 9.86. The van der Waals surface area contributed by atoms with Crippen LogP contribution in [0.2, 0.25) is 0 Å². The third kappa shape index (κ3) is 5.61. The predicted molar refractivity (Wildman–Crippen MR) is 92.5 cm³/mol. The van der Waals surface area contributed by atoms with Crippen molar-refractivity contribution in [3.63, 3.8) is 0 Å². The molecule has 1 aromatic carbocycles. The van der Waals surface area contributed by atoms with Crippen molar-refractivity contribution < 1.29 is 13.5 Å². The van der Waals surface area contributed by atoms with Crippen molar-refractivity contribution in [2.45, 2.75) is 64.9 Å². The minimum Gasteiger partial charge on any atom is -0.385 e. The maximum absolute atomic E-state index is 12.0. The Morgan fingerprint density at radius 2 is 1.82 bits per heavy atom. The summed E-state index contributed by atoms with van der Waals surface area (Å²) in [5.74, 6) is 0.127. The molecule has 4 nitrogen and oxygen atoms in total. The highest BCUT2D eigenvalue weighted by Crippen LogP contribution is 2.32. The van der Waals surface area contributed by atoms with Gasteiger partial charge in [0.15, 0.2) is 0 Å². The summed E-state index contributed by atoms with van der Waals surface area (Å²) < 4.78 is 26.6. The molecular formula is C17H29NO3S. The van der Waals surface area contributed by atoms with Crippen LogP contribution in [0.1, 0.15) is 64.9 Å². The second-order valence-corrected chi connectivity index (χ2v) is 7.69. The average Bonchev–Trinajstić information content (AvgIpc) is 2.50. The minimum absolute atomic E-state index is 0.127. The van der Waals surface area contributed by atoms with Crippen LogP contribution in [-0.4, -0.2) is 19.3 Å². The van der Waals surface area contributed by atoms with E-state index in [1.807, 2.05) is 19.9 Å². The normalized spacial score (nSPS) is 14.5. The van der Waals surface area contributed by atoms with Gasteiger partial charge in [0.25, 0.3) is 0 Å². The third-order valence-electron chi connectivity index (χ3n) is 3.97. The molecule has 5 heteroatoms. The lowest BCUT2D eigenvalue weighted by Crippen LogP contribution is -2.25. The van der Waals surface area contributed by atoms with Crippen molar-refractivity contribution in [2.75, 3.05) is 10.5 Å². The molecule has 0 saturated carbocycles. The fourth-order valence-corrected chi connectivity index (χ4v) is 3.69. The number of benzene rings is 1. The van der Waals surface area contributed by atoms with Crippen molar-refractivity contribution in [2.24, 2.45) is 0 Å². The highest BCUT2D eigenvalue weighted by molar-refractivity contribution is 7.92. The quantitative estimate of drug-likeness (QED) is 0.682. The fourth-order valence-electron chi connectivity index (χ4n) is 2.43. The second-order valence-electron chi connectivity index (χ2n) is 5.84. The number of sulfonamides is 1. The van der Waals surface area contributed by atoms with E-state index in [0.717, 1.165) is 24.8 Å². The summed E-state index contributed by atoms with van der Waals surface area (Å²) in [6, 6.07) is 7.13. The molecule has 0 aliphatic rings. The lowest BCUT2D eigenvalue weighted by Gasteiger charge is -2.28. The van der Waals surface area contributed by atoms with E-state index in [0.29, 0.717) is 24.9 Å². The van der Waals surface area contributed by atoms with E-state index in [2.05, 4.69) is 11.6 Å². The molecule has 126 valence electrons. The Morgan fingerprint density at radius 3 is 2.41 bits per heavy atom. The van der Waals surface area contributed by atoms with E-state index in [9.17, 15) is 13.5 Å². The highest BCUT2D eigenvalue weighted by Gasteiger charge is 2.26. The summed E-state index contributed by atoms with van der Waals surface area (Å²) in [6.45, 7) is 6.01. The molecule has 0 aliphatic carbocycles. The Morgan fingerprint density at radius 1 is 1.14 bits per heavy atom. The lowest BCUT2D eigenvalue weighted by molar-refractivity contribution is 0.0212. The molecule has 22 heavy (non-hydrogen) atoms.